The van der Waals surface area contributed by atoms with Gasteiger partial charge in [0.15, 0.2) is 5.13 Å². The van der Waals surface area contributed by atoms with Gasteiger partial charge in [-0.25, -0.2) is 29.7 Å². The number of aryl methyl sites for hydroxylation is 4. The molecule has 0 bridgehead atoms. The first kappa shape index (κ1) is 32.7. The molecule has 0 aliphatic rings. The van der Waals surface area contributed by atoms with Crippen LogP contribution in [0.3, 0.4) is 0 Å². The van der Waals surface area contributed by atoms with Crippen LogP contribution in [0.15, 0.2) is 85.2 Å². The number of nitrogens with two attached hydrogens (primary N) is 2. The van der Waals surface area contributed by atoms with Crippen LogP contribution in [0, 0.1) is 27.7 Å². The van der Waals surface area contributed by atoms with Crippen LogP contribution in [0.1, 0.15) is 42.4 Å². The third kappa shape index (κ3) is 7.19. The molecule has 3 heterocycles. The molecule has 0 spiro atoms. The van der Waals surface area contributed by atoms with E-state index in [1.807, 2.05) is 88.4 Å². The van der Waals surface area contributed by atoms with Gasteiger partial charge in [0.2, 0.25) is 11.9 Å². The van der Waals surface area contributed by atoms with Gasteiger partial charge in [-0.15, -0.1) is 11.3 Å². The fraction of sp³-hybridized carbons (Fsp3) is 0.108. The number of carbonyl (C=O) groups is 2. The lowest BCUT2D eigenvalue weighted by atomic mass is 9.97. The lowest BCUT2D eigenvalue weighted by Gasteiger charge is -2.10. The molecule has 7 aromatic rings. The van der Waals surface area contributed by atoms with Gasteiger partial charge in [0, 0.05) is 33.6 Å². The smallest absolute Gasteiger partial charge is 0.335 e. The number of carboxylic acids is 1. The lowest BCUT2D eigenvalue weighted by molar-refractivity contribution is 0.0696. The van der Waals surface area contributed by atoms with Crippen molar-refractivity contribution in [3.05, 3.63) is 118 Å². The standard InChI is InChI=1S/C21H19N5OS.C16H13N3O2/c1-11-4-5-15(19(27)26-21-24-12(2)13(3)28-21)9-17(11)14-6-7-18-16(8-14)10-23-20(22)25-18;1-9-2-3-11(15(20)21)7-13(9)10-4-5-14-12(6-10)8-18-16(17)19-14/h4-10H,1-3H3,(H2,22,23,25)(H,24,26,27);2-8H,1H3,(H,20,21)(H2,17,18,19). The minimum Gasteiger partial charge on any atom is -0.478 e. The number of thiazole rings is 1. The van der Waals surface area contributed by atoms with Crippen molar-refractivity contribution in [3.8, 4) is 22.3 Å². The van der Waals surface area contributed by atoms with Crippen molar-refractivity contribution in [3.63, 3.8) is 0 Å². The second kappa shape index (κ2) is 13.5. The fourth-order valence-electron chi connectivity index (χ4n) is 5.27. The fourth-order valence-corrected chi connectivity index (χ4v) is 6.08. The molecular weight excluding hydrogens is 637 g/mol. The van der Waals surface area contributed by atoms with E-state index in [1.54, 1.807) is 24.5 Å². The van der Waals surface area contributed by atoms with Crippen molar-refractivity contribution in [2.24, 2.45) is 0 Å². The molecule has 0 atom stereocenters. The number of rotatable bonds is 5. The minimum atomic E-state index is -0.937. The molecule has 6 N–H and O–H groups in total. The van der Waals surface area contributed by atoms with Gasteiger partial charge in [0.25, 0.3) is 5.91 Å². The Kier molecular flexibility index (Phi) is 8.97. The second-order valence-electron chi connectivity index (χ2n) is 11.5. The summed E-state index contributed by atoms with van der Waals surface area (Å²) in [6.07, 6.45) is 3.37. The molecule has 11 nitrogen and oxygen atoms in total. The average Bonchev–Trinajstić information content (AvgIpc) is 3.40. The molecule has 244 valence electrons. The maximum atomic E-state index is 12.7. The van der Waals surface area contributed by atoms with Crippen molar-refractivity contribution < 1.29 is 14.7 Å². The number of carbonyl (C=O) groups excluding carboxylic acids is 1. The van der Waals surface area contributed by atoms with Crippen molar-refractivity contribution in [2.45, 2.75) is 27.7 Å². The third-order valence-electron chi connectivity index (χ3n) is 8.05. The van der Waals surface area contributed by atoms with Crippen LogP contribution in [0.2, 0.25) is 0 Å². The van der Waals surface area contributed by atoms with Gasteiger partial charge in [-0.05, 0) is 110 Å². The van der Waals surface area contributed by atoms with E-state index in [0.717, 1.165) is 65.8 Å². The number of aromatic nitrogens is 5. The highest BCUT2D eigenvalue weighted by atomic mass is 32.1. The Morgan fingerprint density at radius 1 is 0.673 bits per heavy atom. The Hall–Kier alpha value is -6.27. The van der Waals surface area contributed by atoms with Gasteiger partial charge in [-0.1, -0.05) is 24.3 Å². The molecule has 0 aliphatic heterocycles. The quantitative estimate of drug-likeness (QED) is 0.144. The van der Waals surface area contributed by atoms with Crippen LogP contribution in [0.5, 0.6) is 0 Å². The maximum absolute atomic E-state index is 12.7. The molecule has 0 unspecified atom stereocenters. The zero-order chi connectivity index (χ0) is 34.8. The Balaban J connectivity index is 0.000000177. The largest absolute Gasteiger partial charge is 0.478 e. The van der Waals surface area contributed by atoms with E-state index < -0.39 is 5.97 Å². The number of anilines is 3. The second-order valence-corrected chi connectivity index (χ2v) is 12.7. The van der Waals surface area contributed by atoms with Crippen molar-refractivity contribution in [1.82, 2.24) is 24.9 Å². The Morgan fingerprint density at radius 2 is 1.18 bits per heavy atom. The van der Waals surface area contributed by atoms with Crippen LogP contribution in [0.4, 0.5) is 17.0 Å². The summed E-state index contributed by atoms with van der Waals surface area (Å²) in [5.74, 6) is -0.623. The monoisotopic (exact) mass is 668 g/mol. The molecule has 1 amide bonds. The van der Waals surface area contributed by atoms with E-state index in [2.05, 4.69) is 30.2 Å². The van der Waals surface area contributed by atoms with Gasteiger partial charge >= 0.3 is 5.97 Å². The van der Waals surface area contributed by atoms with E-state index >= 15 is 0 Å². The number of hydrogen-bond acceptors (Lipinski definition) is 10. The molecule has 3 aromatic heterocycles. The first-order valence-electron chi connectivity index (χ1n) is 15.2. The predicted octanol–water partition coefficient (Wildman–Crippen LogP) is 7.40. The van der Waals surface area contributed by atoms with Gasteiger partial charge in [0.05, 0.1) is 22.3 Å². The molecule has 4 aromatic carbocycles. The van der Waals surface area contributed by atoms with E-state index in [0.29, 0.717) is 10.7 Å². The van der Waals surface area contributed by atoms with Gasteiger partial charge in [0.1, 0.15) is 0 Å². The number of nitrogens with one attached hydrogen (secondary N) is 1. The minimum absolute atomic E-state index is 0.174. The number of fused-ring (bicyclic) bond motifs is 2. The van der Waals surface area contributed by atoms with Crippen molar-refractivity contribution in [2.75, 3.05) is 16.8 Å². The van der Waals surface area contributed by atoms with Crippen LogP contribution in [0.25, 0.3) is 44.1 Å². The molecule has 0 saturated carbocycles. The van der Waals surface area contributed by atoms with E-state index in [-0.39, 0.29) is 23.4 Å². The third-order valence-corrected chi connectivity index (χ3v) is 9.04. The molecule has 7 rings (SSSR count). The molecule has 0 fully saturated rings. The first-order valence-corrected chi connectivity index (χ1v) is 16.0. The van der Waals surface area contributed by atoms with Crippen LogP contribution >= 0.6 is 11.3 Å². The number of hydrogen-bond donors (Lipinski definition) is 4. The Bertz CT molecular complexity index is 2390. The summed E-state index contributed by atoms with van der Waals surface area (Å²) >= 11 is 1.48. The topological polar surface area (TPSA) is 183 Å². The van der Waals surface area contributed by atoms with Crippen molar-refractivity contribution >= 4 is 62.0 Å². The summed E-state index contributed by atoms with van der Waals surface area (Å²) in [4.78, 5) is 45.7. The summed E-state index contributed by atoms with van der Waals surface area (Å²) < 4.78 is 0. The number of nitrogens with zero attached hydrogens (tertiary/aromatic N) is 5. The maximum Gasteiger partial charge on any atom is 0.335 e. The van der Waals surface area contributed by atoms with E-state index in [9.17, 15) is 9.59 Å². The Morgan fingerprint density at radius 3 is 1.67 bits per heavy atom. The van der Waals surface area contributed by atoms with Crippen LogP contribution < -0.4 is 16.8 Å². The zero-order valence-corrected chi connectivity index (χ0v) is 28.0. The molecule has 0 radical (unpaired) electrons. The van der Waals surface area contributed by atoms with E-state index in [4.69, 9.17) is 16.6 Å². The summed E-state index contributed by atoms with van der Waals surface area (Å²) in [5, 5.41) is 14.4. The molecule has 49 heavy (non-hydrogen) atoms. The summed E-state index contributed by atoms with van der Waals surface area (Å²) in [7, 11) is 0. The lowest BCUT2D eigenvalue weighted by Crippen LogP contribution is -2.12. The van der Waals surface area contributed by atoms with Crippen molar-refractivity contribution in [1.29, 1.82) is 0 Å². The highest BCUT2D eigenvalue weighted by Crippen LogP contribution is 2.30. The van der Waals surface area contributed by atoms with Crippen LogP contribution in [-0.4, -0.2) is 41.9 Å². The number of nitrogen functional groups attached to an aromatic ring is 2. The van der Waals surface area contributed by atoms with Crippen LogP contribution in [-0.2, 0) is 0 Å². The number of carboxylic acid groups (broad SMARTS) is 1. The van der Waals surface area contributed by atoms with Gasteiger partial charge in [-0.3, -0.25) is 10.1 Å². The predicted molar refractivity (Wildman–Crippen MR) is 195 cm³/mol. The number of amides is 1. The van der Waals surface area contributed by atoms with Gasteiger partial charge in [-0.2, -0.15) is 0 Å². The Labute approximate surface area is 285 Å². The zero-order valence-electron chi connectivity index (χ0n) is 27.1. The normalized spacial score (nSPS) is 10.9. The molecule has 12 heteroatoms. The van der Waals surface area contributed by atoms with Gasteiger partial charge < -0.3 is 16.6 Å². The molecule has 0 saturated heterocycles. The summed E-state index contributed by atoms with van der Waals surface area (Å²) in [5.41, 5.74) is 20.4. The summed E-state index contributed by atoms with van der Waals surface area (Å²) in [6.45, 7) is 7.89. The average molecular weight is 669 g/mol. The number of benzene rings is 4. The SMILES string of the molecule is Cc1ccc(C(=O)Nc2nc(C)c(C)s2)cc1-c1ccc2nc(N)ncc2c1.Cc1ccc(C(=O)O)cc1-c1ccc2nc(N)ncc2c1. The van der Waals surface area contributed by atoms with E-state index in [1.165, 1.54) is 11.3 Å². The first-order chi connectivity index (χ1) is 23.4. The highest BCUT2D eigenvalue weighted by molar-refractivity contribution is 7.15. The summed E-state index contributed by atoms with van der Waals surface area (Å²) in [6, 6.07) is 22.4. The number of aromatic carboxylic acids is 1. The molecule has 0 aliphatic carbocycles. The molecular formula is C37H32N8O3S. The highest BCUT2D eigenvalue weighted by Gasteiger charge is 2.14.